The molecule has 0 bridgehead atoms. The average molecular weight is 282 g/mol. The van der Waals surface area contributed by atoms with Crippen molar-refractivity contribution < 1.29 is 0 Å². The zero-order chi connectivity index (χ0) is 13.9. The maximum absolute atomic E-state index is 5.38. The van der Waals surface area contributed by atoms with Crippen molar-refractivity contribution >= 4 is 28.7 Å². The number of hydrogen-bond acceptors (Lipinski definition) is 1. The highest BCUT2D eigenvalue weighted by molar-refractivity contribution is 7.80. The summed E-state index contributed by atoms with van der Waals surface area (Å²) in [4.78, 5) is 0. The minimum atomic E-state index is 0.636. The van der Waals surface area contributed by atoms with Crippen LogP contribution in [0.3, 0.4) is 0 Å². The predicted molar refractivity (Wildman–Crippen MR) is 89.5 cm³/mol. The van der Waals surface area contributed by atoms with Crippen molar-refractivity contribution in [2.45, 2.75) is 26.2 Å². The third-order valence-electron chi connectivity index (χ3n) is 3.75. The normalized spacial score (nSPS) is 12.8. The molecule has 0 unspecified atom stereocenters. The van der Waals surface area contributed by atoms with E-state index in [1.54, 1.807) is 0 Å². The molecule has 1 aliphatic rings. The number of aryl methyl sites for hydroxylation is 3. The summed E-state index contributed by atoms with van der Waals surface area (Å²) >= 11 is 5.38. The van der Waals surface area contributed by atoms with Crippen molar-refractivity contribution in [2.24, 2.45) is 0 Å². The molecule has 2 N–H and O–H groups in total. The van der Waals surface area contributed by atoms with Gasteiger partial charge in [0, 0.05) is 11.4 Å². The minimum Gasteiger partial charge on any atom is -0.332 e. The fourth-order valence-corrected chi connectivity index (χ4v) is 2.88. The van der Waals surface area contributed by atoms with Crippen molar-refractivity contribution in [3.63, 3.8) is 0 Å². The summed E-state index contributed by atoms with van der Waals surface area (Å²) in [5.74, 6) is 0. The van der Waals surface area contributed by atoms with Crippen LogP contribution in [0.25, 0.3) is 0 Å². The molecule has 0 amide bonds. The highest BCUT2D eigenvalue weighted by Gasteiger charge is 2.11. The van der Waals surface area contributed by atoms with Crippen LogP contribution in [0.2, 0.25) is 0 Å². The fraction of sp³-hybridized carbons (Fsp3) is 0.235. The van der Waals surface area contributed by atoms with Crippen LogP contribution in [0.1, 0.15) is 23.1 Å². The lowest BCUT2D eigenvalue weighted by Crippen LogP contribution is -2.19. The van der Waals surface area contributed by atoms with E-state index in [1.807, 2.05) is 18.2 Å². The predicted octanol–water partition coefficient (Wildman–Crippen LogP) is 4.29. The maximum atomic E-state index is 5.38. The second-order valence-corrected chi connectivity index (χ2v) is 5.64. The Kier molecular flexibility index (Phi) is 3.70. The van der Waals surface area contributed by atoms with Crippen LogP contribution in [0.5, 0.6) is 0 Å². The van der Waals surface area contributed by atoms with E-state index in [1.165, 1.54) is 36.0 Å². The first-order valence-electron chi connectivity index (χ1n) is 6.98. The van der Waals surface area contributed by atoms with Crippen molar-refractivity contribution in [2.75, 3.05) is 10.6 Å². The number of fused-ring (bicyclic) bond motifs is 1. The Labute approximate surface area is 125 Å². The minimum absolute atomic E-state index is 0.636. The molecule has 3 heteroatoms. The van der Waals surface area contributed by atoms with Gasteiger partial charge in [0.2, 0.25) is 0 Å². The van der Waals surface area contributed by atoms with E-state index in [0.29, 0.717) is 5.11 Å². The molecule has 3 rings (SSSR count). The van der Waals surface area contributed by atoms with Crippen molar-refractivity contribution in [3.8, 4) is 0 Å². The van der Waals surface area contributed by atoms with Crippen molar-refractivity contribution in [1.29, 1.82) is 0 Å². The summed E-state index contributed by atoms with van der Waals surface area (Å²) in [6.45, 7) is 2.07. The molecule has 2 aromatic rings. The van der Waals surface area contributed by atoms with Gasteiger partial charge in [0.05, 0.1) is 0 Å². The van der Waals surface area contributed by atoms with Gasteiger partial charge in [-0.25, -0.2) is 0 Å². The standard InChI is InChI=1S/C17H18N2S/c1-12-5-2-3-8-16(12)19-17(20)18-15-10-9-13-6-4-7-14(13)11-15/h2-3,5,8-11H,4,6-7H2,1H3,(H2,18,19,20). The number of para-hydroxylation sites is 1. The van der Waals surface area contributed by atoms with Crippen molar-refractivity contribution in [1.82, 2.24) is 0 Å². The molecule has 2 nitrogen and oxygen atoms in total. The van der Waals surface area contributed by atoms with Gasteiger partial charge in [-0.3, -0.25) is 0 Å². The smallest absolute Gasteiger partial charge is 0.175 e. The molecule has 20 heavy (non-hydrogen) atoms. The van der Waals surface area contributed by atoms with Crippen LogP contribution in [0, 0.1) is 6.92 Å². The Morgan fingerprint density at radius 1 is 1.00 bits per heavy atom. The number of benzene rings is 2. The highest BCUT2D eigenvalue weighted by Crippen LogP contribution is 2.25. The maximum Gasteiger partial charge on any atom is 0.175 e. The first-order chi connectivity index (χ1) is 9.72. The van der Waals surface area contributed by atoms with E-state index in [-0.39, 0.29) is 0 Å². The van der Waals surface area contributed by atoms with Crippen LogP contribution < -0.4 is 10.6 Å². The third-order valence-corrected chi connectivity index (χ3v) is 3.95. The van der Waals surface area contributed by atoms with Crippen LogP contribution in [0.4, 0.5) is 11.4 Å². The van der Waals surface area contributed by atoms with E-state index < -0.39 is 0 Å². The van der Waals surface area contributed by atoms with E-state index in [4.69, 9.17) is 12.2 Å². The SMILES string of the molecule is Cc1ccccc1NC(=S)Nc1ccc2c(c1)CCC2. The average Bonchev–Trinajstić information content (AvgIpc) is 2.89. The highest BCUT2D eigenvalue weighted by atomic mass is 32.1. The monoisotopic (exact) mass is 282 g/mol. The second kappa shape index (κ2) is 5.63. The molecule has 2 aromatic carbocycles. The van der Waals surface area contributed by atoms with Gasteiger partial charge < -0.3 is 10.6 Å². The van der Waals surface area contributed by atoms with Crippen LogP contribution in [0.15, 0.2) is 42.5 Å². The van der Waals surface area contributed by atoms with Crippen LogP contribution in [-0.4, -0.2) is 5.11 Å². The lowest BCUT2D eigenvalue weighted by molar-refractivity contribution is 0.912. The van der Waals surface area contributed by atoms with Gasteiger partial charge >= 0.3 is 0 Å². The Morgan fingerprint density at radius 3 is 2.65 bits per heavy atom. The Hall–Kier alpha value is -1.87. The van der Waals surface area contributed by atoms with E-state index >= 15 is 0 Å². The topological polar surface area (TPSA) is 24.1 Å². The number of anilines is 2. The van der Waals surface area contributed by atoms with E-state index in [2.05, 4.69) is 41.8 Å². The second-order valence-electron chi connectivity index (χ2n) is 5.23. The molecule has 0 aliphatic heterocycles. The van der Waals surface area contributed by atoms with Gasteiger partial charge in [0.15, 0.2) is 5.11 Å². The van der Waals surface area contributed by atoms with Crippen LogP contribution in [-0.2, 0) is 12.8 Å². The third kappa shape index (κ3) is 2.83. The van der Waals surface area contributed by atoms with E-state index in [9.17, 15) is 0 Å². The summed E-state index contributed by atoms with van der Waals surface area (Å²) in [5.41, 5.74) is 6.23. The molecule has 0 fully saturated rings. The molecule has 0 radical (unpaired) electrons. The number of thiocarbonyl (C=S) groups is 1. The molecule has 0 saturated heterocycles. The van der Waals surface area contributed by atoms with Gasteiger partial charge in [-0.05, 0) is 73.3 Å². The van der Waals surface area contributed by atoms with Gasteiger partial charge in [-0.2, -0.15) is 0 Å². The molecule has 0 aromatic heterocycles. The van der Waals surface area contributed by atoms with Crippen LogP contribution >= 0.6 is 12.2 Å². The zero-order valence-electron chi connectivity index (χ0n) is 11.6. The zero-order valence-corrected chi connectivity index (χ0v) is 12.4. The lowest BCUT2D eigenvalue weighted by atomic mass is 10.1. The molecule has 0 spiro atoms. The van der Waals surface area contributed by atoms with Gasteiger partial charge in [-0.15, -0.1) is 0 Å². The number of hydrogen-bond donors (Lipinski definition) is 2. The molecule has 0 atom stereocenters. The molecule has 102 valence electrons. The fourth-order valence-electron chi connectivity index (χ4n) is 2.65. The molecular weight excluding hydrogens is 264 g/mol. The van der Waals surface area contributed by atoms with Gasteiger partial charge in [0.1, 0.15) is 0 Å². The first-order valence-corrected chi connectivity index (χ1v) is 7.38. The largest absolute Gasteiger partial charge is 0.332 e. The summed E-state index contributed by atoms with van der Waals surface area (Å²) in [7, 11) is 0. The number of rotatable bonds is 2. The molecule has 0 saturated carbocycles. The Morgan fingerprint density at radius 2 is 1.80 bits per heavy atom. The summed E-state index contributed by atoms with van der Waals surface area (Å²) in [5, 5.41) is 7.15. The van der Waals surface area contributed by atoms with Crippen molar-refractivity contribution in [3.05, 3.63) is 59.2 Å². The lowest BCUT2D eigenvalue weighted by Gasteiger charge is -2.13. The number of nitrogens with one attached hydrogen (secondary N) is 2. The molecule has 1 aliphatic carbocycles. The summed E-state index contributed by atoms with van der Waals surface area (Å²) in [6, 6.07) is 14.7. The molecule has 0 heterocycles. The van der Waals surface area contributed by atoms with Gasteiger partial charge in [-0.1, -0.05) is 24.3 Å². The van der Waals surface area contributed by atoms with E-state index in [0.717, 1.165) is 11.4 Å². The Balaban J connectivity index is 1.69. The van der Waals surface area contributed by atoms with Gasteiger partial charge in [0.25, 0.3) is 0 Å². The Bertz CT molecular complexity index is 649. The first kappa shape index (κ1) is 13.1. The summed E-state index contributed by atoms with van der Waals surface area (Å²) < 4.78 is 0. The molecular formula is C17H18N2S. The quantitative estimate of drug-likeness (QED) is 0.803. The summed E-state index contributed by atoms with van der Waals surface area (Å²) in [6.07, 6.45) is 3.66.